The maximum absolute atomic E-state index is 15.3. The van der Waals surface area contributed by atoms with Gasteiger partial charge in [-0.3, -0.25) is 0 Å². The van der Waals surface area contributed by atoms with Crippen molar-refractivity contribution in [1.82, 2.24) is 0 Å². The predicted molar refractivity (Wildman–Crippen MR) is 139 cm³/mol. The molecule has 0 unspecified atom stereocenters. The van der Waals surface area contributed by atoms with Crippen LogP contribution in [-0.4, -0.2) is 52.6 Å². The summed E-state index contributed by atoms with van der Waals surface area (Å²) in [4.78, 5) is 4.61. The van der Waals surface area contributed by atoms with E-state index < -0.39 is 0 Å². The average Bonchev–Trinajstić information content (AvgIpc) is 2.83. The van der Waals surface area contributed by atoms with E-state index in [1.165, 1.54) is 16.8 Å². The summed E-state index contributed by atoms with van der Waals surface area (Å²) in [5.41, 5.74) is 5.51. The number of nitrogens with zero attached hydrogens (tertiary/aromatic N) is 2. The Balaban J connectivity index is 1.45. The fourth-order valence-electron chi connectivity index (χ4n) is 5.39. The van der Waals surface area contributed by atoms with E-state index in [0.29, 0.717) is 13.2 Å². The van der Waals surface area contributed by atoms with Crippen LogP contribution in [0.2, 0.25) is 0 Å². The van der Waals surface area contributed by atoms with E-state index in [9.17, 15) is 0 Å². The van der Waals surface area contributed by atoms with Crippen molar-refractivity contribution < 1.29 is 13.9 Å². The molecule has 2 aliphatic rings. The molecule has 2 aromatic rings. The zero-order chi connectivity index (χ0) is 24.3. The fraction of sp³-hybridized carbons (Fsp3) is 0.586. The molecule has 0 spiro atoms. The topological polar surface area (TPSA) is 24.9 Å². The number of hydrogen-bond donors (Lipinski definition) is 0. The fourth-order valence-corrected chi connectivity index (χ4v) is 5.39. The van der Waals surface area contributed by atoms with Gasteiger partial charge in [0.2, 0.25) is 0 Å². The Bertz CT molecular complexity index is 897. The van der Waals surface area contributed by atoms with Crippen molar-refractivity contribution in [2.75, 3.05) is 62.4 Å². The largest absolute Gasteiger partial charge is 0.378 e. The van der Waals surface area contributed by atoms with Gasteiger partial charge in [0.15, 0.2) is 0 Å². The second-order valence-electron chi connectivity index (χ2n) is 11.1. The minimum atomic E-state index is -0.244. The van der Waals surface area contributed by atoms with Crippen LogP contribution in [0.3, 0.4) is 0 Å². The second-order valence-corrected chi connectivity index (χ2v) is 11.1. The third-order valence-electron chi connectivity index (χ3n) is 7.75. The van der Waals surface area contributed by atoms with Gasteiger partial charge in [-0.1, -0.05) is 39.8 Å². The number of hydrogen-bond acceptors (Lipinski definition) is 4. The molecule has 0 bridgehead atoms. The Kier molecular flexibility index (Phi) is 7.54. The van der Waals surface area contributed by atoms with Gasteiger partial charge in [-0.2, -0.15) is 0 Å². The van der Waals surface area contributed by atoms with Crippen LogP contribution in [0.15, 0.2) is 36.4 Å². The zero-order valence-corrected chi connectivity index (χ0v) is 21.6. The van der Waals surface area contributed by atoms with Crippen molar-refractivity contribution >= 4 is 11.4 Å². The van der Waals surface area contributed by atoms with Gasteiger partial charge in [0, 0.05) is 37.6 Å². The number of benzene rings is 2. The lowest BCUT2D eigenvalue weighted by Crippen LogP contribution is -2.36. The van der Waals surface area contributed by atoms with Crippen LogP contribution in [0.4, 0.5) is 15.8 Å². The Morgan fingerprint density at radius 2 is 1.15 bits per heavy atom. The van der Waals surface area contributed by atoms with Crippen molar-refractivity contribution in [3.05, 3.63) is 58.9 Å². The van der Waals surface area contributed by atoms with Crippen LogP contribution < -0.4 is 9.80 Å². The standard InChI is InChI=1S/C29H41FN2O2/c1-22-20-23(31-12-16-33-17-13-31)6-8-25(22)28(2,3)10-11-29(4,5)26-9-7-24(21-27(26)30)32-14-18-34-19-15-32/h6-9,20-21H,10-19H2,1-5H3. The number of anilines is 2. The van der Waals surface area contributed by atoms with Gasteiger partial charge in [0.1, 0.15) is 5.82 Å². The third-order valence-corrected chi connectivity index (χ3v) is 7.75. The number of aryl methyl sites for hydroxylation is 1. The van der Waals surface area contributed by atoms with E-state index in [0.717, 1.165) is 63.5 Å². The first-order valence-corrected chi connectivity index (χ1v) is 12.7. The molecule has 0 aromatic heterocycles. The normalized spacial score (nSPS) is 17.8. The van der Waals surface area contributed by atoms with Gasteiger partial charge in [0.25, 0.3) is 0 Å². The number of ether oxygens (including phenoxy) is 2. The minimum absolute atomic E-state index is 0.00904. The average molecular weight is 469 g/mol. The molecule has 0 radical (unpaired) electrons. The second kappa shape index (κ2) is 10.2. The lowest BCUT2D eigenvalue weighted by molar-refractivity contribution is 0.122. The summed E-state index contributed by atoms with van der Waals surface area (Å²) in [7, 11) is 0. The third kappa shape index (κ3) is 5.58. The molecule has 4 nitrogen and oxygen atoms in total. The van der Waals surface area contributed by atoms with Crippen molar-refractivity contribution in [2.45, 2.75) is 58.3 Å². The van der Waals surface area contributed by atoms with Gasteiger partial charge in [0.05, 0.1) is 26.4 Å². The molecule has 0 N–H and O–H groups in total. The molecule has 0 aliphatic carbocycles. The van der Waals surface area contributed by atoms with Gasteiger partial charge < -0.3 is 19.3 Å². The highest BCUT2D eigenvalue weighted by Gasteiger charge is 2.30. The Labute approximate surface area is 205 Å². The molecule has 0 atom stereocenters. The highest BCUT2D eigenvalue weighted by atomic mass is 19.1. The number of halogens is 1. The van der Waals surface area contributed by atoms with Gasteiger partial charge in [-0.05, 0) is 71.6 Å². The summed E-state index contributed by atoms with van der Waals surface area (Å²) in [6.45, 7) is 17.7. The Morgan fingerprint density at radius 3 is 1.62 bits per heavy atom. The van der Waals surface area contributed by atoms with Crippen LogP contribution in [-0.2, 0) is 20.3 Å². The van der Waals surface area contributed by atoms with Crippen molar-refractivity contribution in [1.29, 1.82) is 0 Å². The van der Waals surface area contributed by atoms with E-state index in [4.69, 9.17) is 9.47 Å². The molecular weight excluding hydrogens is 427 g/mol. The molecule has 0 saturated carbocycles. The smallest absolute Gasteiger partial charge is 0.129 e. The molecule has 0 amide bonds. The van der Waals surface area contributed by atoms with E-state index in [-0.39, 0.29) is 16.6 Å². The first kappa shape index (κ1) is 25.0. The quantitative estimate of drug-likeness (QED) is 0.509. The summed E-state index contributed by atoms with van der Waals surface area (Å²) < 4.78 is 26.2. The molecule has 2 heterocycles. The Morgan fingerprint density at radius 1 is 0.706 bits per heavy atom. The highest BCUT2D eigenvalue weighted by molar-refractivity contribution is 5.53. The monoisotopic (exact) mass is 468 g/mol. The summed E-state index contributed by atoms with van der Waals surface area (Å²) in [5, 5.41) is 0. The minimum Gasteiger partial charge on any atom is -0.378 e. The molecule has 186 valence electrons. The van der Waals surface area contributed by atoms with E-state index in [1.807, 2.05) is 6.07 Å². The van der Waals surface area contributed by atoms with Crippen LogP contribution in [0, 0.1) is 12.7 Å². The van der Waals surface area contributed by atoms with E-state index in [2.05, 4.69) is 68.7 Å². The summed E-state index contributed by atoms with van der Waals surface area (Å²) in [5.74, 6) is -0.0992. The SMILES string of the molecule is Cc1cc(N2CCOCC2)ccc1C(C)(C)CCC(C)(C)c1ccc(N2CCOCC2)cc1F. The van der Waals surface area contributed by atoms with Crippen LogP contribution in [0.1, 0.15) is 57.2 Å². The van der Waals surface area contributed by atoms with Crippen molar-refractivity contribution in [3.8, 4) is 0 Å². The molecular formula is C29H41FN2O2. The molecule has 4 rings (SSSR count). The van der Waals surface area contributed by atoms with Crippen molar-refractivity contribution in [2.24, 2.45) is 0 Å². The van der Waals surface area contributed by atoms with Gasteiger partial charge in [-0.25, -0.2) is 4.39 Å². The summed E-state index contributed by atoms with van der Waals surface area (Å²) >= 11 is 0. The number of morpholine rings is 2. The summed E-state index contributed by atoms with van der Waals surface area (Å²) in [6.07, 6.45) is 1.90. The molecule has 2 fully saturated rings. The summed E-state index contributed by atoms with van der Waals surface area (Å²) in [6, 6.07) is 12.6. The highest BCUT2D eigenvalue weighted by Crippen LogP contribution is 2.39. The maximum atomic E-state index is 15.3. The molecule has 2 aromatic carbocycles. The maximum Gasteiger partial charge on any atom is 0.129 e. The molecule has 34 heavy (non-hydrogen) atoms. The predicted octanol–water partition coefficient (Wildman–Crippen LogP) is 5.84. The zero-order valence-electron chi connectivity index (χ0n) is 21.6. The lowest BCUT2D eigenvalue weighted by atomic mass is 9.72. The molecule has 2 saturated heterocycles. The Hall–Kier alpha value is -2.11. The number of rotatable bonds is 7. The van der Waals surface area contributed by atoms with Gasteiger partial charge >= 0.3 is 0 Å². The van der Waals surface area contributed by atoms with E-state index in [1.54, 1.807) is 6.07 Å². The lowest BCUT2D eigenvalue weighted by Gasteiger charge is -2.35. The van der Waals surface area contributed by atoms with Crippen LogP contribution >= 0.6 is 0 Å². The van der Waals surface area contributed by atoms with Crippen LogP contribution in [0.25, 0.3) is 0 Å². The first-order chi connectivity index (χ1) is 16.2. The molecule has 2 aliphatic heterocycles. The first-order valence-electron chi connectivity index (χ1n) is 12.7. The molecule has 5 heteroatoms. The van der Waals surface area contributed by atoms with Crippen LogP contribution in [0.5, 0.6) is 0 Å². The van der Waals surface area contributed by atoms with E-state index >= 15 is 4.39 Å². The van der Waals surface area contributed by atoms with Gasteiger partial charge in [-0.15, -0.1) is 0 Å². The van der Waals surface area contributed by atoms with Crippen molar-refractivity contribution in [3.63, 3.8) is 0 Å².